The topological polar surface area (TPSA) is 83.7 Å². The van der Waals surface area contributed by atoms with Crippen molar-refractivity contribution in [3.8, 4) is 0 Å². The van der Waals surface area contributed by atoms with E-state index >= 15 is 0 Å². The zero-order valence-electron chi connectivity index (χ0n) is 16.8. The maximum atomic E-state index is 10.1. The number of hydrogen-bond donors (Lipinski definition) is 3. The van der Waals surface area contributed by atoms with E-state index in [1.165, 1.54) is 12.8 Å². The van der Waals surface area contributed by atoms with E-state index in [-0.39, 0.29) is 12.6 Å². The molecule has 29 heavy (non-hydrogen) atoms. The van der Waals surface area contributed by atoms with E-state index in [9.17, 15) is 5.11 Å². The summed E-state index contributed by atoms with van der Waals surface area (Å²) in [4.78, 5) is 4.50. The molecule has 0 saturated heterocycles. The number of aromatic nitrogens is 2. The third-order valence-corrected chi connectivity index (χ3v) is 4.98. The minimum atomic E-state index is -0.609. The van der Waals surface area contributed by atoms with Crippen molar-refractivity contribution in [3.63, 3.8) is 0 Å². The first-order valence-electron chi connectivity index (χ1n) is 10.2. The van der Waals surface area contributed by atoms with Crippen LogP contribution in [0.4, 0.5) is 0 Å². The Hall–Kier alpha value is -2.09. The number of nitrogens with zero attached hydrogens (tertiary/aromatic N) is 3. The number of aliphatic hydroxyl groups is 1. The molecule has 2 unspecified atom stereocenters. The summed E-state index contributed by atoms with van der Waals surface area (Å²) in [7, 11) is 0. The first-order valence-corrected chi connectivity index (χ1v) is 10.6. The molecule has 1 heterocycles. The van der Waals surface area contributed by atoms with Crippen LogP contribution in [0.2, 0.25) is 5.02 Å². The number of ether oxygens (including phenoxy) is 1. The van der Waals surface area contributed by atoms with E-state index < -0.39 is 6.10 Å². The lowest BCUT2D eigenvalue weighted by molar-refractivity contribution is 0.0368. The molecule has 158 valence electrons. The van der Waals surface area contributed by atoms with E-state index in [2.05, 4.69) is 20.7 Å². The van der Waals surface area contributed by atoms with Gasteiger partial charge in [0.15, 0.2) is 5.96 Å². The molecule has 0 amide bonds. The molecular weight excluding hydrogens is 390 g/mol. The minimum absolute atomic E-state index is 0.0158. The molecule has 0 radical (unpaired) electrons. The Labute approximate surface area is 177 Å². The van der Waals surface area contributed by atoms with Gasteiger partial charge in [0, 0.05) is 37.1 Å². The van der Waals surface area contributed by atoms with Crippen molar-refractivity contribution in [1.29, 1.82) is 0 Å². The Bertz CT molecular complexity index is 747. The lowest BCUT2D eigenvalue weighted by Gasteiger charge is -2.21. The van der Waals surface area contributed by atoms with Crippen LogP contribution in [0.25, 0.3) is 0 Å². The lowest BCUT2D eigenvalue weighted by atomic mass is 10.1. The molecule has 2 aromatic rings. The van der Waals surface area contributed by atoms with Gasteiger partial charge in [0.1, 0.15) is 0 Å². The predicted octanol–water partition coefficient (Wildman–Crippen LogP) is 2.47. The standard InChI is InChI=1S/C21H30ClN5O2/c1-2-23-21(24-12-19(28)15-29-14-16-4-5-16)25-13-20(27-11-3-10-26-27)17-6-8-18(22)9-7-17/h3,6-11,16,19-20,28H,2,4-5,12-15H2,1H3,(H2,23,24,25). The molecular formula is C21H30ClN5O2. The fraction of sp³-hybridized carbons (Fsp3) is 0.524. The molecule has 1 aliphatic rings. The van der Waals surface area contributed by atoms with Gasteiger partial charge in [-0.3, -0.25) is 9.67 Å². The molecule has 8 heteroatoms. The lowest BCUT2D eigenvalue weighted by Crippen LogP contribution is -2.41. The van der Waals surface area contributed by atoms with E-state index in [0.29, 0.717) is 30.1 Å². The average molecular weight is 420 g/mol. The van der Waals surface area contributed by atoms with E-state index in [4.69, 9.17) is 16.3 Å². The Morgan fingerprint density at radius 3 is 2.79 bits per heavy atom. The fourth-order valence-corrected chi connectivity index (χ4v) is 3.08. The van der Waals surface area contributed by atoms with Crippen LogP contribution in [0, 0.1) is 5.92 Å². The summed E-state index contributed by atoms with van der Waals surface area (Å²) in [6.07, 6.45) is 5.58. The second-order valence-electron chi connectivity index (χ2n) is 7.29. The Balaban J connectivity index is 1.57. The van der Waals surface area contributed by atoms with Gasteiger partial charge in [-0.25, -0.2) is 0 Å². The van der Waals surface area contributed by atoms with Crippen LogP contribution in [-0.2, 0) is 4.74 Å². The molecule has 1 aliphatic carbocycles. The van der Waals surface area contributed by atoms with Crippen molar-refractivity contribution >= 4 is 17.6 Å². The fourth-order valence-electron chi connectivity index (χ4n) is 2.95. The van der Waals surface area contributed by atoms with Crippen LogP contribution in [0.1, 0.15) is 31.4 Å². The Morgan fingerprint density at radius 1 is 1.34 bits per heavy atom. The molecule has 3 rings (SSSR count). The molecule has 1 fully saturated rings. The summed E-state index contributed by atoms with van der Waals surface area (Å²) in [5, 5.41) is 21.8. The highest BCUT2D eigenvalue weighted by molar-refractivity contribution is 6.30. The van der Waals surface area contributed by atoms with Crippen molar-refractivity contribution in [2.75, 3.05) is 32.8 Å². The molecule has 7 nitrogen and oxygen atoms in total. The highest BCUT2D eigenvalue weighted by Crippen LogP contribution is 2.28. The van der Waals surface area contributed by atoms with Crippen LogP contribution >= 0.6 is 11.6 Å². The summed E-state index contributed by atoms with van der Waals surface area (Å²) >= 11 is 6.04. The van der Waals surface area contributed by atoms with Crippen LogP contribution in [0.5, 0.6) is 0 Å². The summed E-state index contributed by atoms with van der Waals surface area (Å²) in [5.41, 5.74) is 1.09. The van der Waals surface area contributed by atoms with Crippen LogP contribution < -0.4 is 10.6 Å². The smallest absolute Gasteiger partial charge is 0.191 e. The van der Waals surface area contributed by atoms with Gasteiger partial charge in [0.2, 0.25) is 0 Å². The number of hydrogen-bond acceptors (Lipinski definition) is 4. The van der Waals surface area contributed by atoms with Crippen molar-refractivity contribution in [2.24, 2.45) is 10.9 Å². The van der Waals surface area contributed by atoms with Gasteiger partial charge in [0.05, 0.1) is 25.3 Å². The second-order valence-corrected chi connectivity index (χ2v) is 7.73. The van der Waals surface area contributed by atoms with E-state index in [1.807, 2.05) is 48.1 Å². The SMILES string of the molecule is CCNC(=NCC(O)COCC1CC1)NCC(c1ccc(Cl)cc1)n1cccn1. The highest BCUT2D eigenvalue weighted by atomic mass is 35.5. The van der Waals surface area contributed by atoms with Gasteiger partial charge in [-0.05, 0) is 49.4 Å². The number of aliphatic hydroxyl groups excluding tert-OH is 1. The van der Waals surface area contributed by atoms with Crippen LogP contribution in [0.15, 0.2) is 47.7 Å². The number of aliphatic imine (C=N–C) groups is 1. The molecule has 2 atom stereocenters. The van der Waals surface area contributed by atoms with Crippen molar-refractivity contribution in [3.05, 3.63) is 53.3 Å². The maximum absolute atomic E-state index is 10.1. The maximum Gasteiger partial charge on any atom is 0.191 e. The molecule has 0 aliphatic heterocycles. The normalized spacial score (nSPS) is 16.4. The van der Waals surface area contributed by atoms with Crippen molar-refractivity contribution in [1.82, 2.24) is 20.4 Å². The van der Waals surface area contributed by atoms with Gasteiger partial charge in [-0.15, -0.1) is 0 Å². The van der Waals surface area contributed by atoms with Gasteiger partial charge in [0.25, 0.3) is 0 Å². The van der Waals surface area contributed by atoms with E-state index in [0.717, 1.165) is 18.7 Å². The molecule has 3 N–H and O–H groups in total. The average Bonchev–Trinajstić information content (AvgIpc) is 3.38. The van der Waals surface area contributed by atoms with Gasteiger partial charge in [-0.2, -0.15) is 5.10 Å². The third kappa shape index (κ3) is 7.34. The largest absolute Gasteiger partial charge is 0.389 e. The summed E-state index contributed by atoms with van der Waals surface area (Å²) in [5.74, 6) is 1.34. The zero-order chi connectivity index (χ0) is 20.5. The molecule has 1 aromatic heterocycles. The monoisotopic (exact) mass is 419 g/mol. The van der Waals surface area contributed by atoms with Crippen LogP contribution in [0.3, 0.4) is 0 Å². The van der Waals surface area contributed by atoms with Crippen LogP contribution in [-0.4, -0.2) is 59.8 Å². The zero-order valence-corrected chi connectivity index (χ0v) is 17.6. The molecule has 1 aromatic carbocycles. The number of guanidine groups is 1. The highest BCUT2D eigenvalue weighted by Gasteiger charge is 2.21. The minimum Gasteiger partial charge on any atom is -0.389 e. The Morgan fingerprint density at radius 2 is 2.14 bits per heavy atom. The van der Waals surface area contributed by atoms with Gasteiger partial charge in [-0.1, -0.05) is 23.7 Å². The summed E-state index contributed by atoms with van der Waals surface area (Å²) < 4.78 is 7.45. The van der Waals surface area contributed by atoms with E-state index in [1.54, 1.807) is 6.20 Å². The first-order chi connectivity index (χ1) is 14.2. The number of halogens is 1. The number of benzene rings is 1. The first kappa shape index (κ1) is 21.6. The van der Waals surface area contributed by atoms with Gasteiger partial charge >= 0.3 is 0 Å². The van der Waals surface area contributed by atoms with Crippen molar-refractivity contribution < 1.29 is 9.84 Å². The summed E-state index contributed by atoms with van der Waals surface area (Å²) in [6.45, 7) is 4.67. The predicted molar refractivity (Wildman–Crippen MR) is 115 cm³/mol. The third-order valence-electron chi connectivity index (χ3n) is 4.73. The number of nitrogens with one attached hydrogen (secondary N) is 2. The molecule has 1 saturated carbocycles. The Kier molecular flexibility index (Phi) is 8.34. The van der Waals surface area contributed by atoms with Crippen molar-refractivity contribution in [2.45, 2.75) is 31.9 Å². The quantitative estimate of drug-likeness (QED) is 0.385. The molecule has 0 spiro atoms. The molecule has 0 bridgehead atoms. The second kappa shape index (κ2) is 11.2. The number of rotatable bonds is 11. The summed E-state index contributed by atoms with van der Waals surface area (Å²) in [6, 6.07) is 9.65. The van der Waals surface area contributed by atoms with Gasteiger partial charge < -0.3 is 20.5 Å².